The summed E-state index contributed by atoms with van der Waals surface area (Å²) in [6.07, 6.45) is 0. The number of amides is 1. The largest absolute Gasteiger partial charge is 0.506 e. The highest BCUT2D eigenvalue weighted by Crippen LogP contribution is 2.47. The van der Waals surface area contributed by atoms with Crippen LogP contribution in [0.3, 0.4) is 0 Å². The van der Waals surface area contributed by atoms with E-state index in [9.17, 15) is 14.7 Å². The molecule has 2 aromatic heterocycles. The van der Waals surface area contributed by atoms with Gasteiger partial charge in [0.15, 0.2) is 11.5 Å². The van der Waals surface area contributed by atoms with Gasteiger partial charge in [0.05, 0.1) is 163 Å². The summed E-state index contributed by atoms with van der Waals surface area (Å²) in [5.74, 6) is -0.438. The Hall–Kier alpha value is -4.53. The predicted octanol–water partition coefficient (Wildman–Crippen LogP) is 4.35. The number of rotatable bonds is 42. The lowest BCUT2D eigenvalue weighted by Gasteiger charge is -2.18. The summed E-state index contributed by atoms with van der Waals surface area (Å²) < 4.78 is 89.6. The van der Waals surface area contributed by atoms with Crippen LogP contribution in [0.4, 0.5) is 5.69 Å². The number of fused-ring (bicyclic) bond motifs is 4. The zero-order valence-corrected chi connectivity index (χ0v) is 42.6. The number of H-pyrrole nitrogens is 2. The molecule has 0 saturated carbocycles. The first-order chi connectivity index (χ1) is 35.4. The number of alkyl halides is 1. The summed E-state index contributed by atoms with van der Waals surface area (Å²) in [5.41, 5.74) is 2.32. The van der Waals surface area contributed by atoms with E-state index < -0.39 is 11.9 Å². The molecule has 72 heavy (non-hydrogen) atoms. The molecule has 23 heteroatoms. The van der Waals surface area contributed by atoms with Crippen molar-refractivity contribution in [1.82, 2.24) is 9.97 Å². The van der Waals surface area contributed by atoms with Gasteiger partial charge in [-0.2, -0.15) is 0 Å². The van der Waals surface area contributed by atoms with Gasteiger partial charge in [-0.3, -0.25) is 4.79 Å². The van der Waals surface area contributed by atoms with Gasteiger partial charge in [0.1, 0.15) is 37.0 Å². The van der Waals surface area contributed by atoms with E-state index in [-0.39, 0.29) is 86.6 Å². The van der Waals surface area contributed by atoms with Crippen molar-refractivity contribution < 1.29 is 90.5 Å². The van der Waals surface area contributed by atoms with Crippen molar-refractivity contribution in [2.75, 3.05) is 204 Å². The standard InChI is InChI=1S/C49H72ClN3O19/c1-57-5-8-61-11-14-64-17-20-67-23-26-70-42-30-35-29-38(48(55)53-34-36(33-50)43-37-31-39(49(56)60-4)52-45(37)41(54)32-40(43)53)51-44(35)47(72-28-25-69-22-19-66-16-13-63-10-7-59-3)46(42)71-27-24-68-21-18-65-15-12-62-9-6-58-2/h29-32,36,51-52,54H,5-28,33-34H2,1-4H3/t36-/m1/s1. The van der Waals surface area contributed by atoms with E-state index in [4.69, 9.17) is 87.4 Å². The second-order valence-electron chi connectivity index (χ2n) is 15.8. The van der Waals surface area contributed by atoms with E-state index in [1.807, 2.05) is 0 Å². The molecule has 0 fully saturated rings. The van der Waals surface area contributed by atoms with Crippen molar-refractivity contribution in [3.8, 4) is 23.0 Å². The number of ether oxygens (including phenoxy) is 16. The number of phenolic OH excluding ortho intramolecular Hbond substituents is 1. The molecule has 2 aromatic carbocycles. The number of aromatic amines is 2. The highest BCUT2D eigenvalue weighted by Gasteiger charge is 2.37. The van der Waals surface area contributed by atoms with Crippen LogP contribution >= 0.6 is 11.6 Å². The first-order valence-corrected chi connectivity index (χ1v) is 24.5. The van der Waals surface area contributed by atoms with Crippen LogP contribution in [-0.2, 0) is 61.6 Å². The second kappa shape index (κ2) is 34.1. The molecule has 5 rings (SSSR count). The lowest BCUT2D eigenvalue weighted by atomic mass is 9.98. The van der Waals surface area contributed by atoms with Crippen molar-refractivity contribution in [2.24, 2.45) is 0 Å². The lowest BCUT2D eigenvalue weighted by molar-refractivity contribution is -0.00155. The molecule has 3 N–H and O–H groups in total. The Bertz CT molecular complexity index is 2170. The number of aromatic nitrogens is 2. The molecule has 0 unspecified atom stereocenters. The number of anilines is 1. The fraction of sp³-hybridized carbons (Fsp3) is 0.633. The Kier molecular flexibility index (Phi) is 27.6. The summed E-state index contributed by atoms with van der Waals surface area (Å²) >= 11 is 6.52. The molecule has 4 aromatic rings. The van der Waals surface area contributed by atoms with Crippen LogP contribution in [0.5, 0.6) is 23.0 Å². The number of hydrogen-bond acceptors (Lipinski definition) is 19. The minimum Gasteiger partial charge on any atom is -0.506 e. The molecular formula is C49H72ClN3O19. The third-order valence-electron chi connectivity index (χ3n) is 10.8. The number of methoxy groups -OCH3 is 4. The molecule has 0 spiro atoms. The zero-order chi connectivity index (χ0) is 51.2. The minimum absolute atomic E-state index is 0.0945. The SMILES string of the molecule is COCCOCCOCCOCCOc1cc2cc(C(=O)N3C[C@@H](CCl)c4c3cc(O)c3[nH]c(C(=O)OC)cc43)[nH]c2c(OCCOCCOCCOCCOC)c1OCCOCCOCCOCCOC. The maximum atomic E-state index is 14.7. The molecule has 404 valence electrons. The van der Waals surface area contributed by atoms with Crippen molar-refractivity contribution in [3.05, 3.63) is 41.2 Å². The van der Waals surface area contributed by atoms with Crippen LogP contribution in [-0.4, -0.2) is 226 Å². The number of carbonyl (C=O) groups is 2. The molecule has 0 aliphatic carbocycles. The van der Waals surface area contributed by atoms with E-state index >= 15 is 0 Å². The topological polar surface area (TPSA) is 237 Å². The van der Waals surface area contributed by atoms with Crippen molar-refractivity contribution in [3.63, 3.8) is 0 Å². The highest BCUT2D eigenvalue weighted by molar-refractivity contribution is 6.19. The fourth-order valence-electron chi connectivity index (χ4n) is 7.40. The first-order valence-electron chi connectivity index (χ1n) is 24.0. The lowest BCUT2D eigenvalue weighted by Crippen LogP contribution is -2.30. The van der Waals surface area contributed by atoms with E-state index in [0.717, 1.165) is 0 Å². The van der Waals surface area contributed by atoms with Gasteiger partial charge in [-0.15, -0.1) is 11.6 Å². The molecule has 1 aliphatic heterocycles. The van der Waals surface area contributed by atoms with Crippen molar-refractivity contribution in [2.45, 2.75) is 5.92 Å². The third-order valence-corrected chi connectivity index (χ3v) is 11.2. The summed E-state index contributed by atoms with van der Waals surface area (Å²) in [4.78, 5) is 34.9. The van der Waals surface area contributed by atoms with Gasteiger partial charge in [0.2, 0.25) is 5.75 Å². The van der Waals surface area contributed by atoms with Crippen LogP contribution in [0, 0.1) is 0 Å². The number of nitrogens with zero attached hydrogens (tertiary/aromatic N) is 1. The smallest absolute Gasteiger partial charge is 0.354 e. The van der Waals surface area contributed by atoms with Gasteiger partial charge in [-0.05, 0) is 23.8 Å². The number of nitrogens with one attached hydrogen (secondary N) is 2. The average molecular weight is 1040 g/mol. The van der Waals surface area contributed by atoms with Crippen molar-refractivity contribution >= 4 is 51.0 Å². The molecule has 1 amide bonds. The number of aromatic hydroxyl groups is 1. The van der Waals surface area contributed by atoms with Crippen LogP contribution in [0.25, 0.3) is 21.8 Å². The molecule has 1 atom stereocenters. The van der Waals surface area contributed by atoms with Gasteiger partial charge >= 0.3 is 5.97 Å². The van der Waals surface area contributed by atoms with Crippen LogP contribution in [0.1, 0.15) is 32.5 Å². The number of esters is 1. The third kappa shape index (κ3) is 18.4. The Morgan fingerprint density at radius 3 is 1.43 bits per heavy atom. The Labute approximate surface area is 424 Å². The van der Waals surface area contributed by atoms with E-state index in [1.54, 1.807) is 44.4 Å². The van der Waals surface area contributed by atoms with Crippen LogP contribution in [0.2, 0.25) is 0 Å². The Morgan fingerprint density at radius 2 is 0.972 bits per heavy atom. The number of halogens is 1. The quantitative estimate of drug-likeness (QED) is 0.0318. The molecule has 1 aliphatic rings. The fourth-order valence-corrected chi connectivity index (χ4v) is 7.65. The number of hydrogen-bond donors (Lipinski definition) is 3. The molecule has 3 heterocycles. The monoisotopic (exact) mass is 1040 g/mol. The zero-order valence-electron chi connectivity index (χ0n) is 41.9. The maximum Gasteiger partial charge on any atom is 0.354 e. The highest BCUT2D eigenvalue weighted by atomic mass is 35.5. The van der Waals surface area contributed by atoms with Gasteiger partial charge in [-0.25, -0.2) is 4.79 Å². The van der Waals surface area contributed by atoms with E-state index in [1.165, 1.54) is 13.2 Å². The first kappa shape index (κ1) is 58.4. The molecule has 0 radical (unpaired) electrons. The Balaban J connectivity index is 1.34. The van der Waals surface area contributed by atoms with Gasteiger partial charge in [0, 0.05) is 56.5 Å². The summed E-state index contributed by atoms with van der Waals surface area (Å²) in [7, 11) is 6.12. The number of carbonyl (C=O) groups excluding carboxylic acids is 2. The van der Waals surface area contributed by atoms with Crippen molar-refractivity contribution in [1.29, 1.82) is 0 Å². The van der Waals surface area contributed by atoms with E-state index in [2.05, 4.69) is 9.97 Å². The van der Waals surface area contributed by atoms with Crippen LogP contribution < -0.4 is 19.1 Å². The molecular weight excluding hydrogens is 970 g/mol. The van der Waals surface area contributed by atoms with Gasteiger partial charge in [-0.1, -0.05) is 0 Å². The Morgan fingerprint density at radius 1 is 0.542 bits per heavy atom. The normalized spacial score (nSPS) is 13.4. The number of benzene rings is 2. The maximum absolute atomic E-state index is 14.7. The molecule has 0 bridgehead atoms. The summed E-state index contributed by atoms with van der Waals surface area (Å²) in [6, 6.07) is 6.56. The summed E-state index contributed by atoms with van der Waals surface area (Å²) in [6.45, 7) is 8.84. The minimum atomic E-state index is -0.603. The number of phenols is 1. The second-order valence-corrected chi connectivity index (χ2v) is 16.1. The van der Waals surface area contributed by atoms with E-state index in [0.29, 0.717) is 158 Å². The van der Waals surface area contributed by atoms with Gasteiger partial charge in [0.25, 0.3) is 5.91 Å². The predicted molar refractivity (Wildman–Crippen MR) is 264 cm³/mol. The van der Waals surface area contributed by atoms with Crippen LogP contribution in [0.15, 0.2) is 24.3 Å². The van der Waals surface area contributed by atoms with Gasteiger partial charge < -0.3 is 95.8 Å². The molecule has 0 saturated heterocycles. The molecule has 22 nitrogen and oxygen atoms in total. The average Bonchev–Trinajstić information content (AvgIpc) is 4.13. The summed E-state index contributed by atoms with van der Waals surface area (Å²) in [5, 5.41) is 12.3.